The molecule has 0 spiro atoms. The van der Waals surface area contributed by atoms with Crippen molar-refractivity contribution in [2.24, 2.45) is 0 Å². The van der Waals surface area contributed by atoms with Gasteiger partial charge >= 0.3 is 0 Å². The fourth-order valence-electron chi connectivity index (χ4n) is 1.87. The average molecular weight is 254 g/mol. The average Bonchev–Trinajstić information content (AvgIpc) is 2.35. The van der Waals surface area contributed by atoms with Crippen LogP contribution < -0.4 is 10.6 Å². The van der Waals surface area contributed by atoms with Gasteiger partial charge in [-0.25, -0.2) is 4.98 Å². The Balaban J connectivity index is 2.15. The van der Waals surface area contributed by atoms with E-state index in [-0.39, 0.29) is 0 Å². The van der Waals surface area contributed by atoms with Crippen molar-refractivity contribution in [1.29, 1.82) is 0 Å². The minimum absolute atomic E-state index is 0.582. The minimum atomic E-state index is 0.582. The molecule has 19 heavy (non-hydrogen) atoms. The van der Waals surface area contributed by atoms with E-state index in [0.717, 1.165) is 11.5 Å². The fourth-order valence-corrected chi connectivity index (χ4v) is 1.87. The molecule has 0 atom stereocenters. The van der Waals surface area contributed by atoms with Crippen molar-refractivity contribution in [2.75, 3.05) is 17.2 Å². The molecule has 2 N–H and O–H groups in total. The van der Waals surface area contributed by atoms with Crippen molar-refractivity contribution in [2.45, 2.75) is 13.8 Å². The van der Waals surface area contributed by atoms with Crippen molar-refractivity contribution in [3.05, 3.63) is 54.2 Å². The number of nitrogens with one attached hydrogen (secondary N) is 2. The number of anilines is 3. The van der Waals surface area contributed by atoms with E-state index in [1.807, 2.05) is 6.07 Å². The van der Waals surface area contributed by atoms with E-state index >= 15 is 0 Å². The number of aryl methyl sites for hydroxylation is 2. The van der Waals surface area contributed by atoms with Gasteiger partial charge < -0.3 is 10.6 Å². The number of aromatic nitrogens is 2. The zero-order valence-corrected chi connectivity index (χ0v) is 11.3. The highest BCUT2D eigenvalue weighted by molar-refractivity contribution is 5.57. The Morgan fingerprint density at radius 3 is 2.63 bits per heavy atom. The van der Waals surface area contributed by atoms with Gasteiger partial charge in [0.05, 0.1) is 0 Å². The molecule has 2 aromatic rings. The van der Waals surface area contributed by atoms with Crippen molar-refractivity contribution in [1.82, 2.24) is 9.97 Å². The second-order valence-electron chi connectivity index (χ2n) is 4.44. The van der Waals surface area contributed by atoms with Crippen LogP contribution >= 0.6 is 0 Å². The summed E-state index contributed by atoms with van der Waals surface area (Å²) in [5.74, 6) is 1.36. The first kappa shape index (κ1) is 13.1. The van der Waals surface area contributed by atoms with Crippen LogP contribution in [0.25, 0.3) is 0 Å². The summed E-state index contributed by atoms with van der Waals surface area (Å²) in [6, 6.07) is 8.10. The van der Waals surface area contributed by atoms with Gasteiger partial charge in [-0.3, -0.25) is 0 Å². The van der Waals surface area contributed by atoms with Crippen molar-refractivity contribution in [3.8, 4) is 0 Å². The molecule has 0 aliphatic carbocycles. The van der Waals surface area contributed by atoms with Crippen LogP contribution in [0.3, 0.4) is 0 Å². The van der Waals surface area contributed by atoms with Crippen molar-refractivity contribution in [3.63, 3.8) is 0 Å². The van der Waals surface area contributed by atoms with E-state index in [1.54, 1.807) is 12.3 Å². The topological polar surface area (TPSA) is 49.8 Å². The Morgan fingerprint density at radius 2 is 1.95 bits per heavy atom. The van der Waals surface area contributed by atoms with E-state index < -0.39 is 0 Å². The Labute approximate surface area is 113 Å². The highest BCUT2D eigenvalue weighted by atomic mass is 15.1. The van der Waals surface area contributed by atoms with Crippen LogP contribution in [0, 0.1) is 13.8 Å². The summed E-state index contributed by atoms with van der Waals surface area (Å²) in [5.41, 5.74) is 3.42. The molecule has 2 rings (SSSR count). The van der Waals surface area contributed by atoms with Crippen LogP contribution in [0.5, 0.6) is 0 Å². The Bertz CT molecular complexity index is 558. The molecule has 0 aliphatic rings. The van der Waals surface area contributed by atoms with E-state index in [4.69, 9.17) is 0 Å². The SMILES string of the molecule is C=CCNc1ccnc(Nc2cc(C)cc(C)c2)n1. The molecule has 0 bridgehead atoms. The lowest BCUT2D eigenvalue weighted by Gasteiger charge is -2.08. The first-order chi connectivity index (χ1) is 9.17. The quantitative estimate of drug-likeness (QED) is 0.802. The molecule has 4 heteroatoms. The molecule has 0 aliphatic heterocycles. The van der Waals surface area contributed by atoms with Crippen LogP contribution in [0.4, 0.5) is 17.5 Å². The molecule has 0 radical (unpaired) electrons. The zero-order chi connectivity index (χ0) is 13.7. The first-order valence-electron chi connectivity index (χ1n) is 6.20. The Kier molecular flexibility index (Phi) is 4.13. The monoisotopic (exact) mass is 254 g/mol. The van der Waals surface area contributed by atoms with Crippen molar-refractivity contribution >= 4 is 17.5 Å². The van der Waals surface area contributed by atoms with Gasteiger partial charge in [0.25, 0.3) is 0 Å². The Hall–Kier alpha value is -2.36. The van der Waals surface area contributed by atoms with Crippen LogP contribution in [0.15, 0.2) is 43.1 Å². The molecule has 98 valence electrons. The highest BCUT2D eigenvalue weighted by Gasteiger charge is 2.00. The van der Waals surface area contributed by atoms with Gasteiger partial charge in [-0.05, 0) is 43.2 Å². The molecule has 0 saturated heterocycles. The molecule has 1 aromatic carbocycles. The summed E-state index contributed by atoms with van der Waals surface area (Å²) >= 11 is 0. The number of nitrogens with zero attached hydrogens (tertiary/aromatic N) is 2. The molecular formula is C15H18N4. The summed E-state index contributed by atoms with van der Waals surface area (Å²) in [7, 11) is 0. The summed E-state index contributed by atoms with van der Waals surface area (Å²) in [4.78, 5) is 8.60. The predicted octanol–water partition coefficient (Wildman–Crippen LogP) is 3.43. The maximum atomic E-state index is 4.38. The number of benzene rings is 1. The third-order valence-corrected chi connectivity index (χ3v) is 2.56. The lowest BCUT2D eigenvalue weighted by molar-refractivity contribution is 1.14. The van der Waals surface area contributed by atoms with Gasteiger partial charge in [0, 0.05) is 18.4 Å². The number of hydrogen-bond donors (Lipinski definition) is 2. The van der Waals surface area contributed by atoms with Gasteiger partial charge in [0.1, 0.15) is 5.82 Å². The number of hydrogen-bond acceptors (Lipinski definition) is 4. The molecule has 0 fully saturated rings. The molecule has 4 nitrogen and oxygen atoms in total. The smallest absolute Gasteiger partial charge is 0.229 e. The normalized spacial score (nSPS) is 10.0. The van der Waals surface area contributed by atoms with Gasteiger partial charge in [0.2, 0.25) is 5.95 Å². The van der Waals surface area contributed by atoms with Crippen LogP contribution in [0.2, 0.25) is 0 Å². The molecule has 0 unspecified atom stereocenters. The summed E-state index contributed by atoms with van der Waals surface area (Å²) in [6.07, 6.45) is 3.52. The third kappa shape index (κ3) is 3.81. The maximum Gasteiger partial charge on any atom is 0.229 e. The van der Waals surface area contributed by atoms with Gasteiger partial charge in [0.15, 0.2) is 0 Å². The van der Waals surface area contributed by atoms with Crippen LogP contribution in [-0.4, -0.2) is 16.5 Å². The number of rotatable bonds is 5. The molecular weight excluding hydrogens is 236 g/mol. The molecule has 0 saturated carbocycles. The fraction of sp³-hybridized carbons (Fsp3) is 0.200. The summed E-state index contributed by atoms with van der Waals surface area (Å²) in [5, 5.41) is 6.35. The first-order valence-corrected chi connectivity index (χ1v) is 6.20. The van der Waals surface area contributed by atoms with E-state index in [9.17, 15) is 0 Å². The lowest BCUT2D eigenvalue weighted by atomic mass is 10.1. The van der Waals surface area contributed by atoms with E-state index in [2.05, 4.69) is 59.2 Å². The third-order valence-electron chi connectivity index (χ3n) is 2.56. The lowest BCUT2D eigenvalue weighted by Crippen LogP contribution is -2.03. The van der Waals surface area contributed by atoms with E-state index in [1.165, 1.54) is 11.1 Å². The summed E-state index contributed by atoms with van der Waals surface area (Å²) in [6.45, 7) is 8.49. The van der Waals surface area contributed by atoms with Crippen LogP contribution in [-0.2, 0) is 0 Å². The maximum absolute atomic E-state index is 4.38. The van der Waals surface area contributed by atoms with Crippen LogP contribution in [0.1, 0.15) is 11.1 Å². The summed E-state index contributed by atoms with van der Waals surface area (Å²) < 4.78 is 0. The van der Waals surface area contributed by atoms with Gasteiger partial charge in [-0.15, -0.1) is 6.58 Å². The highest BCUT2D eigenvalue weighted by Crippen LogP contribution is 2.17. The minimum Gasteiger partial charge on any atom is -0.366 e. The van der Waals surface area contributed by atoms with Gasteiger partial charge in [-0.1, -0.05) is 12.1 Å². The second kappa shape index (κ2) is 6.00. The van der Waals surface area contributed by atoms with Gasteiger partial charge in [-0.2, -0.15) is 4.98 Å². The predicted molar refractivity (Wildman–Crippen MR) is 79.9 cm³/mol. The van der Waals surface area contributed by atoms with Crippen molar-refractivity contribution < 1.29 is 0 Å². The second-order valence-corrected chi connectivity index (χ2v) is 4.44. The van der Waals surface area contributed by atoms with E-state index in [0.29, 0.717) is 12.5 Å². The largest absolute Gasteiger partial charge is 0.366 e. The zero-order valence-electron chi connectivity index (χ0n) is 11.3. The molecule has 1 heterocycles. The standard InChI is InChI=1S/C15H18N4/c1-4-6-16-14-5-7-17-15(19-14)18-13-9-11(2)8-12(3)10-13/h4-5,7-10H,1,6H2,2-3H3,(H2,16,17,18,19). The molecule has 1 aromatic heterocycles. The Morgan fingerprint density at radius 1 is 1.21 bits per heavy atom. The molecule has 0 amide bonds.